The highest BCUT2D eigenvalue weighted by molar-refractivity contribution is 5.88. The minimum absolute atomic E-state index is 0.537. The summed E-state index contributed by atoms with van der Waals surface area (Å²) in [7, 11) is 3.10. The van der Waals surface area contributed by atoms with Crippen LogP contribution in [-0.4, -0.2) is 19.2 Å². The fourth-order valence-electron chi connectivity index (χ4n) is 1.69. The molecule has 16 heavy (non-hydrogen) atoms. The smallest absolute Gasteiger partial charge is 0.290 e. The number of benzene rings is 1. The quantitative estimate of drug-likeness (QED) is 0.563. The topological polar surface area (TPSA) is 58.3 Å². The highest BCUT2D eigenvalue weighted by Gasteiger charge is 2.16. The minimum Gasteiger partial charge on any atom is -0.711 e. The van der Waals surface area contributed by atoms with Crippen molar-refractivity contribution in [2.24, 2.45) is 0 Å². The third-order valence-electron chi connectivity index (χ3n) is 2.52. The van der Waals surface area contributed by atoms with Gasteiger partial charge in [0.2, 0.25) is 0 Å². The van der Waals surface area contributed by atoms with Crippen molar-refractivity contribution in [3.8, 4) is 11.5 Å². The Labute approximate surface area is 92.8 Å². The van der Waals surface area contributed by atoms with E-state index in [1.165, 1.54) is 6.33 Å². The van der Waals surface area contributed by atoms with Crippen LogP contribution in [0.3, 0.4) is 0 Å². The second-order valence-electron chi connectivity index (χ2n) is 3.35. The molecule has 0 aliphatic rings. The predicted molar refractivity (Wildman–Crippen MR) is 58.5 cm³/mol. The molecule has 0 bridgehead atoms. The molecule has 0 spiro atoms. The number of hydrogen-bond donors (Lipinski definition) is 0. The van der Waals surface area contributed by atoms with Gasteiger partial charge in [-0.3, -0.25) is 0 Å². The molecular formula is C11H12N2O3. The Morgan fingerprint density at radius 1 is 1.25 bits per heavy atom. The van der Waals surface area contributed by atoms with Crippen LogP contribution in [0.1, 0.15) is 5.69 Å². The van der Waals surface area contributed by atoms with E-state index in [1.807, 2.05) is 0 Å². The Hall–Kier alpha value is -2.04. The van der Waals surface area contributed by atoms with Gasteiger partial charge in [-0.1, -0.05) is 0 Å². The van der Waals surface area contributed by atoms with Gasteiger partial charge >= 0.3 is 0 Å². The summed E-state index contributed by atoms with van der Waals surface area (Å²) in [6.45, 7) is 1.72. The lowest BCUT2D eigenvalue weighted by atomic mass is 10.1. The highest BCUT2D eigenvalue weighted by atomic mass is 16.5. The zero-order chi connectivity index (χ0) is 11.7. The molecular weight excluding hydrogens is 208 g/mol. The van der Waals surface area contributed by atoms with Crippen LogP contribution in [0.25, 0.3) is 10.9 Å². The van der Waals surface area contributed by atoms with Crippen molar-refractivity contribution < 1.29 is 14.2 Å². The van der Waals surface area contributed by atoms with Gasteiger partial charge in [0.05, 0.1) is 14.2 Å². The van der Waals surface area contributed by atoms with Gasteiger partial charge in [-0.2, -0.15) is 0 Å². The lowest BCUT2D eigenvalue weighted by molar-refractivity contribution is -0.613. The van der Waals surface area contributed by atoms with E-state index >= 15 is 0 Å². The maximum Gasteiger partial charge on any atom is 0.290 e. The lowest BCUT2D eigenvalue weighted by Gasteiger charge is -2.12. The van der Waals surface area contributed by atoms with Crippen LogP contribution in [-0.2, 0) is 0 Å². The molecule has 0 unspecified atom stereocenters. The first kappa shape index (κ1) is 10.5. The summed E-state index contributed by atoms with van der Waals surface area (Å²) >= 11 is 0. The van der Waals surface area contributed by atoms with Gasteiger partial charge in [0, 0.05) is 0 Å². The molecule has 0 saturated heterocycles. The Kier molecular flexibility index (Phi) is 2.52. The van der Waals surface area contributed by atoms with E-state index in [9.17, 15) is 5.21 Å². The van der Waals surface area contributed by atoms with Crippen LogP contribution in [0, 0.1) is 12.1 Å². The van der Waals surface area contributed by atoms with Gasteiger partial charge in [0.1, 0.15) is 11.1 Å². The molecule has 0 radical (unpaired) electrons. The fraction of sp³-hybridized carbons (Fsp3) is 0.273. The molecule has 84 valence electrons. The van der Waals surface area contributed by atoms with Gasteiger partial charge in [-0.05, 0) is 24.0 Å². The number of aromatic nitrogens is 2. The summed E-state index contributed by atoms with van der Waals surface area (Å²) in [5.41, 5.74) is 1.25. The van der Waals surface area contributed by atoms with Crippen LogP contribution < -0.4 is 14.2 Å². The maximum absolute atomic E-state index is 11.5. The summed E-state index contributed by atoms with van der Waals surface area (Å²) in [4.78, 5) is 4.04. The molecule has 0 N–H and O–H groups in total. The zero-order valence-corrected chi connectivity index (χ0v) is 9.35. The summed E-state index contributed by atoms with van der Waals surface area (Å²) in [5.74, 6) is 1.13. The average molecular weight is 220 g/mol. The van der Waals surface area contributed by atoms with Crippen molar-refractivity contribution in [2.45, 2.75) is 6.92 Å². The predicted octanol–water partition coefficient (Wildman–Crippen LogP) is 1.19. The van der Waals surface area contributed by atoms with E-state index in [1.54, 1.807) is 33.3 Å². The summed E-state index contributed by atoms with van der Waals surface area (Å²) in [6.07, 6.45) is 1.24. The van der Waals surface area contributed by atoms with E-state index < -0.39 is 0 Å². The van der Waals surface area contributed by atoms with Gasteiger partial charge in [-0.25, -0.2) is 4.73 Å². The van der Waals surface area contributed by atoms with Crippen molar-refractivity contribution >= 4 is 10.9 Å². The van der Waals surface area contributed by atoms with Crippen LogP contribution in [0.4, 0.5) is 0 Å². The van der Waals surface area contributed by atoms with Gasteiger partial charge in [-0.15, -0.1) is 0 Å². The van der Waals surface area contributed by atoms with Crippen molar-refractivity contribution in [3.63, 3.8) is 0 Å². The molecule has 2 rings (SSSR count). The third kappa shape index (κ3) is 1.41. The second-order valence-corrected chi connectivity index (χ2v) is 3.35. The number of methoxy groups -OCH3 is 2. The highest BCUT2D eigenvalue weighted by Crippen LogP contribution is 2.35. The van der Waals surface area contributed by atoms with Crippen molar-refractivity contribution in [1.82, 2.24) is 4.98 Å². The van der Waals surface area contributed by atoms with Crippen LogP contribution in [0.2, 0.25) is 0 Å². The number of aryl methyl sites for hydroxylation is 1. The normalized spacial score (nSPS) is 10.4. The zero-order valence-electron chi connectivity index (χ0n) is 9.35. The lowest BCUT2D eigenvalue weighted by Crippen LogP contribution is -2.30. The van der Waals surface area contributed by atoms with E-state index in [0.29, 0.717) is 32.8 Å². The maximum atomic E-state index is 11.5. The van der Waals surface area contributed by atoms with E-state index in [-0.39, 0.29) is 0 Å². The first-order chi connectivity index (χ1) is 7.69. The Morgan fingerprint density at radius 2 is 2.00 bits per heavy atom. The first-order valence-electron chi connectivity index (χ1n) is 4.78. The SMILES string of the molecule is COc1ccc2nc[n+]([O-])c(C)c2c1OC. The molecule has 0 atom stereocenters. The van der Waals surface area contributed by atoms with Gasteiger partial charge in [0.15, 0.2) is 17.0 Å². The number of hydrogen-bond acceptors (Lipinski definition) is 4. The average Bonchev–Trinajstić information content (AvgIpc) is 2.32. The Bertz CT molecular complexity index is 540. The molecule has 0 aliphatic heterocycles. The van der Waals surface area contributed by atoms with E-state index in [0.717, 1.165) is 0 Å². The number of fused-ring (bicyclic) bond motifs is 1. The fourth-order valence-corrected chi connectivity index (χ4v) is 1.69. The van der Waals surface area contributed by atoms with Crippen molar-refractivity contribution in [3.05, 3.63) is 29.4 Å². The first-order valence-corrected chi connectivity index (χ1v) is 4.78. The molecule has 1 aromatic carbocycles. The monoisotopic (exact) mass is 220 g/mol. The molecule has 0 saturated carbocycles. The summed E-state index contributed by atoms with van der Waals surface area (Å²) in [6, 6.07) is 3.56. The number of rotatable bonds is 2. The van der Waals surface area contributed by atoms with E-state index in [2.05, 4.69) is 4.98 Å². The second kappa shape index (κ2) is 3.84. The van der Waals surface area contributed by atoms with Gasteiger partial charge in [0.25, 0.3) is 6.33 Å². The van der Waals surface area contributed by atoms with E-state index in [4.69, 9.17) is 9.47 Å². The van der Waals surface area contributed by atoms with Crippen LogP contribution in [0.5, 0.6) is 11.5 Å². The number of ether oxygens (including phenoxy) is 2. The molecule has 5 nitrogen and oxygen atoms in total. The van der Waals surface area contributed by atoms with Gasteiger partial charge < -0.3 is 14.7 Å². The molecule has 0 fully saturated rings. The molecule has 1 heterocycles. The Morgan fingerprint density at radius 3 is 2.62 bits per heavy atom. The summed E-state index contributed by atoms with van der Waals surface area (Å²) in [5, 5.41) is 12.1. The third-order valence-corrected chi connectivity index (χ3v) is 2.52. The standard InChI is InChI=1S/C11H12N2O3/c1-7-10-8(12-6-13(7)14)4-5-9(15-2)11(10)16-3/h4-6H,1-3H3. The summed E-state index contributed by atoms with van der Waals surface area (Å²) < 4.78 is 11.2. The number of nitrogens with zero attached hydrogens (tertiary/aromatic N) is 2. The Balaban J connectivity index is 2.89. The minimum atomic E-state index is 0.537. The van der Waals surface area contributed by atoms with Crippen molar-refractivity contribution in [2.75, 3.05) is 14.2 Å². The largest absolute Gasteiger partial charge is 0.711 e. The molecule has 0 aliphatic carbocycles. The van der Waals surface area contributed by atoms with Crippen LogP contribution in [0.15, 0.2) is 18.5 Å². The molecule has 2 aromatic rings. The molecule has 0 amide bonds. The van der Waals surface area contributed by atoms with Crippen molar-refractivity contribution in [1.29, 1.82) is 0 Å². The molecule has 5 heteroatoms. The molecule has 1 aromatic heterocycles. The van der Waals surface area contributed by atoms with Crippen LogP contribution >= 0.6 is 0 Å².